The number of benzene rings is 1. The van der Waals surface area contributed by atoms with Gasteiger partial charge >= 0.3 is 12.1 Å². The van der Waals surface area contributed by atoms with Crippen molar-refractivity contribution in [1.82, 2.24) is 25.1 Å². The Morgan fingerprint density at radius 1 is 1.19 bits per heavy atom. The molecule has 0 spiro atoms. The molecule has 0 radical (unpaired) electrons. The van der Waals surface area contributed by atoms with E-state index in [0.29, 0.717) is 6.42 Å². The number of aliphatic carboxylic acids is 1. The number of aromatic nitrogens is 2. The van der Waals surface area contributed by atoms with Crippen LogP contribution in [0.2, 0.25) is 0 Å². The van der Waals surface area contributed by atoms with E-state index in [1.807, 2.05) is 55.8 Å². The highest BCUT2D eigenvalue weighted by Gasteiger charge is 2.62. The highest BCUT2D eigenvalue weighted by Crippen LogP contribution is 2.46. The summed E-state index contributed by atoms with van der Waals surface area (Å²) >= 11 is 0. The molecule has 252 valence electrons. The van der Waals surface area contributed by atoms with Gasteiger partial charge in [-0.25, -0.2) is 14.6 Å². The molecular weight excluding hydrogens is 604 g/mol. The molecule has 1 aromatic heterocycles. The Labute approximate surface area is 274 Å². The number of likely N-dealkylation sites (tertiary alicyclic amines) is 1. The van der Waals surface area contributed by atoms with E-state index in [4.69, 9.17) is 9.57 Å². The summed E-state index contributed by atoms with van der Waals surface area (Å²) in [6.07, 6.45) is 11.1. The van der Waals surface area contributed by atoms with Crippen LogP contribution >= 0.6 is 0 Å². The third kappa shape index (κ3) is 7.66. The molecular formula is C34H44N6O7. The van der Waals surface area contributed by atoms with Crippen molar-refractivity contribution in [2.75, 3.05) is 6.54 Å². The van der Waals surface area contributed by atoms with Crippen molar-refractivity contribution in [3.63, 3.8) is 0 Å². The number of carboxylic acid groups (broad SMARTS) is 1. The van der Waals surface area contributed by atoms with Gasteiger partial charge < -0.3 is 34.8 Å². The number of ether oxygens (including phenoxy) is 1. The molecule has 2 aliphatic carbocycles. The molecule has 3 aliphatic rings. The number of amides is 3. The third-order valence-corrected chi connectivity index (χ3v) is 9.20. The van der Waals surface area contributed by atoms with Crippen LogP contribution in [0.3, 0.4) is 0 Å². The Morgan fingerprint density at radius 3 is 2.60 bits per heavy atom. The normalized spacial score (nSPS) is 24.9. The Hall–Kier alpha value is -4.68. The molecule has 47 heavy (non-hydrogen) atoms. The standard InChI is InChI=1S/C34H44N6O7/c1-5-10-23-18-34(23,31(43)44)38-29(41)27-17-25(47-36-19-22-11-6-9-14-26(22)39-16-15-35-21-39)20-40(27)30(42)28(33(2,3)4)37-32(45)46-24-12-7-8-13-24/h5-6,9,11,14-16,19,21,23-25,27-28H,1,7-8,10,12-13,17-18,20H2,2-4H3,(H,37,45)(H,38,41)(H,43,44)/b36-19+/t23-,25-,27+,28-,34-/m1/s1. The number of nitrogens with one attached hydrogen (secondary N) is 2. The van der Waals surface area contributed by atoms with Crippen LogP contribution in [0.1, 0.15) is 71.3 Å². The zero-order valence-electron chi connectivity index (χ0n) is 27.1. The maximum Gasteiger partial charge on any atom is 0.408 e. The molecule has 5 atom stereocenters. The monoisotopic (exact) mass is 648 g/mol. The summed E-state index contributed by atoms with van der Waals surface area (Å²) in [5, 5.41) is 19.7. The second-order valence-corrected chi connectivity index (χ2v) is 13.7. The van der Waals surface area contributed by atoms with Crippen LogP contribution in [0, 0.1) is 11.3 Å². The van der Waals surface area contributed by atoms with Gasteiger partial charge in [0.1, 0.15) is 29.8 Å². The van der Waals surface area contributed by atoms with E-state index in [2.05, 4.69) is 27.4 Å². The molecule has 2 saturated carbocycles. The lowest BCUT2D eigenvalue weighted by Gasteiger charge is -2.35. The minimum atomic E-state index is -1.43. The van der Waals surface area contributed by atoms with Crippen molar-refractivity contribution < 1.29 is 33.9 Å². The van der Waals surface area contributed by atoms with Crippen molar-refractivity contribution in [2.24, 2.45) is 16.5 Å². The minimum Gasteiger partial charge on any atom is -0.479 e. The molecule has 13 heteroatoms. The number of carboxylic acids is 1. The Kier molecular flexibility index (Phi) is 10.0. The topological polar surface area (TPSA) is 164 Å². The van der Waals surface area contributed by atoms with Crippen molar-refractivity contribution in [3.8, 4) is 5.69 Å². The second kappa shape index (κ2) is 14.0. The molecule has 1 saturated heterocycles. The lowest BCUT2D eigenvalue weighted by atomic mass is 9.85. The fraction of sp³-hybridized carbons (Fsp3) is 0.529. The number of allylic oxidation sites excluding steroid dienone is 1. The number of alkyl carbamates (subject to hydrolysis) is 1. The zero-order chi connectivity index (χ0) is 33.8. The SMILES string of the molecule is C=CC[C@@H]1C[C@]1(NC(=O)[C@@H]1C[C@@H](O/N=C/c2ccccc2-n2ccnc2)CN1C(=O)[C@@H](NC(=O)OC1CCCC1)C(C)(C)C)C(=O)O. The van der Waals surface area contributed by atoms with Gasteiger partial charge in [-0.05, 0) is 55.9 Å². The first-order valence-electron chi connectivity index (χ1n) is 16.1. The first-order chi connectivity index (χ1) is 22.4. The van der Waals surface area contributed by atoms with Gasteiger partial charge in [-0.1, -0.05) is 50.2 Å². The average molecular weight is 649 g/mol. The van der Waals surface area contributed by atoms with Crippen LogP contribution in [0.15, 0.2) is 60.8 Å². The number of hydrogen-bond donors (Lipinski definition) is 3. The molecule has 1 aromatic carbocycles. The van der Waals surface area contributed by atoms with Crippen molar-refractivity contribution in [1.29, 1.82) is 0 Å². The molecule has 3 amide bonds. The van der Waals surface area contributed by atoms with Gasteiger partial charge in [-0.3, -0.25) is 9.59 Å². The number of carbonyl (C=O) groups is 4. The van der Waals surface area contributed by atoms with Crippen LogP contribution < -0.4 is 10.6 Å². The smallest absolute Gasteiger partial charge is 0.408 e. The van der Waals surface area contributed by atoms with E-state index < -0.39 is 53.0 Å². The van der Waals surface area contributed by atoms with E-state index in [0.717, 1.165) is 36.9 Å². The fourth-order valence-electron chi connectivity index (χ4n) is 6.48. The molecule has 0 unspecified atom stereocenters. The molecule has 0 bridgehead atoms. The van der Waals surface area contributed by atoms with Crippen LogP contribution in [-0.2, 0) is 24.0 Å². The highest BCUT2D eigenvalue weighted by molar-refractivity contribution is 5.96. The number of hydrogen-bond acceptors (Lipinski definition) is 8. The maximum atomic E-state index is 14.2. The predicted octanol–water partition coefficient (Wildman–Crippen LogP) is 3.81. The average Bonchev–Trinajstić information content (AvgIpc) is 3.53. The van der Waals surface area contributed by atoms with Crippen molar-refractivity contribution in [2.45, 2.75) is 95.5 Å². The van der Waals surface area contributed by atoms with Gasteiger partial charge in [0.15, 0.2) is 0 Å². The Morgan fingerprint density at radius 2 is 1.94 bits per heavy atom. The summed E-state index contributed by atoms with van der Waals surface area (Å²) in [6.45, 7) is 9.14. The summed E-state index contributed by atoms with van der Waals surface area (Å²) < 4.78 is 7.43. The van der Waals surface area contributed by atoms with Gasteiger partial charge in [0.2, 0.25) is 11.8 Å². The summed E-state index contributed by atoms with van der Waals surface area (Å²) in [5.74, 6) is -2.53. The van der Waals surface area contributed by atoms with Gasteiger partial charge in [0.05, 0.1) is 24.8 Å². The van der Waals surface area contributed by atoms with E-state index in [-0.39, 0.29) is 31.4 Å². The highest BCUT2D eigenvalue weighted by atomic mass is 16.6. The first kappa shape index (κ1) is 33.7. The van der Waals surface area contributed by atoms with Crippen LogP contribution in [0.25, 0.3) is 5.69 Å². The lowest BCUT2D eigenvalue weighted by Crippen LogP contribution is -2.59. The third-order valence-electron chi connectivity index (χ3n) is 9.20. The Bertz CT molecular complexity index is 1500. The van der Waals surface area contributed by atoms with Gasteiger partial charge in [-0.2, -0.15) is 0 Å². The predicted molar refractivity (Wildman–Crippen MR) is 173 cm³/mol. The first-order valence-corrected chi connectivity index (χ1v) is 16.1. The maximum absolute atomic E-state index is 14.2. The van der Waals surface area contributed by atoms with E-state index in [9.17, 15) is 24.3 Å². The molecule has 3 fully saturated rings. The largest absolute Gasteiger partial charge is 0.479 e. The number of carbonyl (C=O) groups excluding carboxylic acids is 3. The van der Waals surface area contributed by atoms with Crippen molar-refractivity contribution in [3.05, 3.63) is 61.2 Å². The summed E-state index contributed by atoms with van der Waals surface area (Å²) in [7, 11) is 0. The Balaban J connectivity index is 1.35. The van der Waals surface area contributed by atoms with Crippen LogP contribution in [0.5, 0.6) is 0 Å². The second-order valence-electron chi connectivity index (χ2n) is 13.7. The summed E-state index contributed by atoms with van der Waals surface area (Å²) in [5.41, 5.74) is -0.580. The van der Waals surface area contributed by atoms with Gasteiger partial charge in [0, 0.05) is 24.4 Å². The number of rotatable bonds is 12. The number of para-hydroxylation sites is 1. The number of nitrogens with zero attached hydrogens (tertiary/aromatic N) is 4. The van der Waals surface area contributed by atoms with Crippen LogP contribution in [0.4, 0.5) is 4.79 Å². The van der Waals surface area contributed by atoms with E-state index >= 15 is 0 Å². The van der Waals surface area contributed by atoms with Gasteiger partial charge in [-0.15, -0.1) is 6.58 Å². The number of imidazole rings is 1. The van der Waals surface area contributed by atoms with E-state index in [1.54, 1.807) is 24.8 Å². The molecule has 2 aromatic rings. The van der Waals surface area contributed by atoms with Crippen molar-refractivity contribution >= 4 is 30.1 Å². The molecule has 13 nitrogen and oxygen atoms in total. The van der Waals surface area contributed by atoms with E-state index in [1.165, 1.54) is 4.90 Å². The lowest BCUT2D eigenvalue weighted by molar-refractivity contribution is -0.146. The molecule has 3 N–H and O–H groups in total. The molecule has 1 aliphatic heterocycles. The molecule has 2 heterocycles. The summed E-state index contributed by atoms with van der Waals surface area (Å²) in [6, 6.07) is 5.45. The quantitative estimate of drug-likeness (QED) is 0.178. The zero-order valence-corrected chi connectivity index (χ0v) is 27.1. The minimum absolute atomic E-state index is 0.000478. The van der Waals surface area contributed by atoms with Gasteiger partial charge in [0.25, 0.3) is 0 Å². The van der Waals surface area contributed by atoms with Crippen LogP contribution in [-0.4, -0.2) is 86.0 Å². The number of oxime groups is 1. The fourth-order valence-corrected chi connectivity index (χ4v) is 6.48. The summed E-state index contributed by atoms with van der Waals surface area (Å²) in [4.78, 5) is 64.5. The molecule has 5 rings (SSSR count).